The summed E-state index contributed by atoms with van der Waals surface area (Å²) in [6, 6.07) is 16.9. The minimum absolute atomic E-state index is 0.0666. The van der Waals surface area contributed by atoms with Crippen molar-refractivity contribution >= 4 is 17.3 Å². The van der Waals surface area contributed by atoms with Crippen LogP contribution in [0.2, 0.25) is 0 Å². The molecule has 142 valence electrons. The smallest absolute Gasteiger partial charge is 0.238 e. The first-order valence-electron chi connectivity index (χ1n) is 10.2. The Labute approximate surface area is 162 Å². The summed E-state index contributed by atoms with van der Waals surface area (Å²) in [4.78, 5) is 17.1. The van der Waals surface area contributed by atoms with Crippen LogP contribution in [0.5, 0.6) is 0 Å². The minimum Gasteiger partial charge on any atom is -0.372 e. The zero-order valence-electron chi connectivity index (χ0n) is 16.0. The first kappa shape index (κ1) is 18.1. The highest BCUT2D eigenvalue weighted by atomic mass is 16.2. The molecule has 0 bridgehead atoms. The number of fused-ring (bicyclic) bond motifs is 1. The second-order valence-electron chi connectivity index (χ2n) is 7.73. The summed E-state index contributed by atoms with van der Waals surface area (Å²) in [5, 5.41) is 3.06. The van der Waals surface area contributed by atoms with Gasteiger partial charge in [-0.15, -0.1) is 0 Å². The third-order valence-electron chi connectivity index (χ3n) is 5.70. The van der Waals surface area contributed by atoms with Crippen molar-refractivity contribution in [3.63, 3.8) is 0 Å². The average molecular weight is 364 g/mol. The molecule has 0 atom stereocenters. The molecule has 1 amide bonds. The SMILES string of the molecule is O=C(CN1CCc2ccccc2C1)Nc1ccc(N2CCCCCC2)cc1. The number of carbonyl (C=O) groups excluding carboxylic acids is 1. The van der Waals surface area contributed by atoms with Crippen LogP contribution in [0.3, 0.4) is 0 Å². The van der Waals surface area contributed by atoms with Crippen LogP contribution in [0.25, 0.3) is 0 Å². The molecule has 2 heterocycles. The first-order chi connectivity index (χ1) is 13.3. The summed E-state index contributed by atoms with van der Waals surface area (Å²) in [5.74, 6) is 0.0666. The molecule has 0 aromatic heterocycles. The molecule has 27 heavy (non-hydrogen) atoms. The molecule has 0 aliphatic carbocycles. The van der Waals surface area contributed by atoms with E-state index < -0.39 is 0 Å². The molecular weight excluding hydrogens is 334 g/mol. The van der Waals surface area contributed by atoms with Gasteiger partial charge in [0, 0.05) is 37.6 Å². The summed E-state index contributed by atoms with van der Waals surface area (Å²) in [6.07, 6.45) is 6.25. The Morgan fingerprint density at radius 3 is 2.30 bits per heavy atom. The average Bonchev–Trinajstić information content (AvgIpc) is 2.98. The Hall–Kier alpha value is -2.33. The Bertz CT molecular complexity index is 763. The molecule has 4 rings (SSSR count). The van der Waals surface area contributed by atoms with E-state index in [9.17, 15) is 4.79 Å². The number of carbonyl (C=O) groups is 1. The standard InChI is InChI=1S/C23H29N3O/c27-23(18-25-16-13-19-7-3-4-8-20(19)17-25)24-21-9-11-22(12-10-21)26-14-5-1-2-6-15-26/h3-4,7-12H,1-2,5-6,13-18H2,(H,24,27). The molecule has 0 saturated carbocycles. The zero-order chi connectivity index (χ0) is 18.5. The molecule has 4 nitrogen and oxygen atoms in total. The van der Waals surface area contributed by atoms with Gasteiger partial charge in [-0.1, -0.05) is 37.1 Å². The van der Waals surface area contributed by atoms with E-state index in [1.807, 2.05) is 12.1 Å². The van der Waals surface area contributed by atoms with Crippen molar-refractivity contribution < 1.29 is 4.79 Å². The van der Waals surface area contributed by atoms with Crippen molar-refractivity contribution in [1.29, 1.82) is 0 Å². The summed E-state index contributed by atoms with van der Waals surface area (Å²) in [7, 11) is 0. The van der Waals surface area contributed by atoms with Crippen LogP contribution in [0.15, 0.2) is 48.5 Å². The van der Waals surface area contributed by atoms with Gasteiger partial charge in [0.05, 0.1) is 6.54 Å². The molecular formula is C23H29N3O. The van der Waals surface area contributed by atoms with Gasteiger partial charge in [0.25, 0.3) is 0 Å². The number of rotatable bonds is 4. The van der Waals surface area contributed by atoms with Crippen molar-refractivity contribution in [2.45, 2.75) is 38.6 Å². The third-order valence-corrected chi connectivity index (χ3v) is 5.70. The summed E-state index contributed by atoms with van der Waals surface area (Å²) < 4.78 is 0. The van der Waals surface area contributed by atoms with Crippen LogP contribution in [0.1, 0.15) is 36.8 Å². The number of amides is 1. The first-order valence-corrected chi connectivity index (χ1v) is 10.2. The lowest BCUT2D eigenvalue weighted by Crippen LogP contribution is -2.37. The quantitative estimate of drug-likeness (QED) is 0.890. The Balaban J connectivity index is 1.30. The molecule has 2 aliphatic rings. The van der Waals surface area contributed by atoms with E-state index in [0.29, 0.717) is 6.54 Å². The molecule has 4 heteroatoms. The largest absolute Gasteiger partial charge is 0.372 e. The normalized spacial score (nSPS) is 17.9. The molecule has 2 aliphatic heterocycles. The minimum atomic E-state index is 0.0666. The highest BCUT2D eigenvalue weighted by molar-refractivity contribution is 5.92. The predicted molar refractivity (Wildman–Crippen MR) is 111 cm³/mol. The maximum absolute atomic E-state index is 12.5. The maximum atomic E-state index is 12.5. The van der Waals surface area contributed by atoms with Crippen LogP contribution in [0.4, 0.5) is 11.4 Å². The maximum Gasteiger partial charge on any atom is 0.238 e. The van der Waals surface area contributed by atoms with Gasteiger partial charge in [0.15, 0.2) is 0 Å². The monoisotopic (exact) mass is 363 g/mol. The molecule has 0 radical (unpaired) electrons. The van der Waals surface area contributed by atoms with E-state index in [1.54, 1.807) is 0 Å². The fraction of sp³-hybridized carbons (Fsp3) is 0.435. The van der Waals surface area contributed by atoms with Gasteiger partial charge < -0.3 is 10.2 Å². The molecule has 0 unspecified atom stereocenters. The zero-order valence-corrected chi connectivity index (χ0v) is 16.0. The van der Waals surface area contributed by atoms with Gasteiger partial charge in [-0.3, -0.25) is 9.69 Å². The number of hydrogen-bond acceptors (Lipinski definition) is 3. The van der Waals surface area contributed by atoms with E-state index >= 15 is 0 Å². The van der Waals surface area contributed by atoms with E-state index in [0.717, 1.165) is 38.3 Å². The van der Waals surface area contributed by atoms with E-state index in [2.05, 4.69) is 51.5 Å². The van der Waals surface area contributed by atoms with Gasteiger partial charge in [0.2, 0.25) is 5.91 Å². The number of anilines is 2. The summed E-state index contributed by atoms with van der Waals surface area (Å²) >= 11 is 0. The van der Waals surface area contributed by atoms with Crippen LogP contribution in [-0.2, 0) is 17.8 Å². The Kier molecular flexibility index (Phi) is 5.73. The fourth-order valence-electron chi connectivity index (χ4n) is 4.18. The number of hydrogen-bond donors (Lipinski definition) is 1. The van der Waals surface area contributed by atoms with Crippen molar-refractivity contribution in [2.24, 2.45) is 0 Å². The lowest BCUT2D eigenvalue weighted by atomic mass is 10.00. The molecule has 0 spiro atoms. The van der Waals surface area contributed by atoms with Crippen LogP contribution in [0, 0.1) is 0 Å². The van der Waals surface area contributed by atoms with Crippen molar-refractivity contribution in [3.05, 3.63) is 59.7 Å². The Morgan fingerprint density at radius 1 is 0.852 bits per heavy atom. The van der Waals surface area contributed by atoms with Gasteiger partial charge >= 0.3 is 0 Å². The lowest BCUT2D eigenvalue weighted by molar-refractivity contribution is -0.117. The highest BCUT2D eigenvalue weighted by Crippen LogP contribution is 2.22. The molecule has 2 aromatic carbocycles. The van der Waals surface area contributed by atoms with E-state index in [-0.39, 0.29) is 5.91 Å². The molecule has 2 aromatic rings. The van der Waals surface area contributed by atoms with E-state index in [4.69, 9.17) is 0 Å². The lowest BCUT2D eigenvalue weighted by Gasteiger charge is -2.28. The fourth-order valence-corrected chi connectivity index (χ4v) is 4.18. The van der Waals surface area contributed by atoms with Crippen molar-refractivity contribution in [2.75, 3.05) is 36.4 Å². The third kappa shape index (κ3) is 4.69. The number of nitrogens with zero attached hydrogens (tertiary/aromatic N) is 2. The van der Waals surface area contributed by atoms with Crippen LogP contribution in [-0.4, -0.2) is 37.0 Å². The summed E-state index contributed by atoms with van der Waals surface area (Å²) in [6.45, 7) is 4.53. The molecule has 1 fully saturated rings. The van der Waals surface area contributed by atoms with Crippen molar-refractivity contribution in [1.82, 2.24) is 4.90 Å². The number of benzene rings is 2. The Morgan fingerprint density at radius 2 is 1.56 bits per heavy atom. The van der Waals surface area contributed by atoms with E-state index in [1.165, 1.54) is 42.5 Å². The van der Waals surface area contributed by atoms with Gasteiger partial charge in [0.1, 0.15) is 0 Å². The second kappa shape index (κ2) is 8.57. The summed E-state index contributed by atoms with van der Waals surface area (Å²) in [5.41, 5.74) is 4.91. The van der Waals surface area contributed by atoms with Crippen LogP contribution >= 0.6 is 0 Å². The van der Waals surface area contributed by atoms with Crippen molar-refractivity contribution in [3.8, 4) is 0 Å². The second-order valence-corrected chi connectivity index (χ2v) is 7.73. The van der Waals surface area contributed by atoms with Gasteiger partial charge in [-0.05, 0) is 54.7 Å². The topological polar surface area (TPSA) is 35.6 Å². The van der Waals surface area contributed by atoms with Gasteiger partial charge in [-0.25, -0.2) is 0 Å². The van der Waals surface area contributed by atoms with Crippen LogP contribution < -0.4 is 10.2 Å². The number of nitrogens with one attached hydrogen (secondary N) is 1. The molecule has 1 N–H and O–H groups in total. The molecule has 1 saturated heterocycles. The van der Waals surface area contributed by atoms with Gasteiger partial charge in [-0.2, -0.15) is 0 Å². The highest BCUT2D eigenvalue weighted by Gasteiger charge is 2.18. The predicted octanol–water partition coefficient (Wildman–Crippen LogP) is 4.06.